The number of benzene rings is 2. The van der Waals surface area contributed by atoms with Crippen molar-refractivity contribution in [3.8, 4) is 5.75 Å². The monoisotopic (exact) mass is 444 g/mol. The first-order chi connectivity index (χ1) is 16.1. The minimum absolute atomic E-state index is 0.0108. The molecule has 6 heteroatoms. The van der Waals surface area contributed by atoms with E-state index in [9.17, 15) is 14.4 Å². The maximum atomic E-state index is 13.5. The van der Waals surface area contributed by atoms with E-state index in [1.807, 2.05) is 37.3 Å². The fourth-order valence-electron chi connectivity index (χ4n) is 5.63. The molecular weight excluding hydrogens is 416 g/mol. The van der Waals surface area contributed by atoms with Gasteiger partial charge in [-0.05, 0) is 61.4 Å². The molecule has 33 heavy (non-hydrogen) atoms. The van der Waals surface area contributed by atoms with Gasteiger partial charge in [-0.25, -0.2) is 0 Å². The van der Waals surface area contributed by atoms with E-state index in [1.165, 1.54) is 4.90 Å². The Morgan fingerprint density at radius 2 is 1.58 bits per heavy atom. The van der Waals surface area contributed by atoms with Crippen LogP contribution in [-0.2, 0) is 14.4 Å². The third-order valence-electron chi connectivity index (χ3n) is 7.12. The summed E-state index contributed by atoms with van der Waals surface area (Å²) in [5, 5.41) is 2.90. The summed E-state index contributed by atoms with van der Waals surface area (Å²) in [6.07, 6.45) is 6.13. The molecule has 0 spiro atoms. The predicted molar refractivity (Wildman–Crippen MR) is 124 cm³/mol. The molecule has 3 amide bonds. The lowest BCUT2D eigenvalue weighted by atomic mass is 9.63. The first kappa shape index (κ1) is 21.4. The Labute approximate surface area is 193 Å². The highest BCUT2D eigenvalue weighted by molar-refractivity contribution is 6.07. The van der Waals surface area contributed by atoms with Crippen molar-refractivity contribution < 1.29 is 19.1 Å². The van der Waals surface area contributed by atoms with Crippen molar-refractivity contribution in [2.24, 2.45) is 23.7 Å². The predicted octanol–water partition coefficient (Wildman–Crippen LogP) is 4.35. The third kappa shape index (κ3) is 3.94. The van der Waals surface area contributed by atoms with E-state index in [0.29, 0.717) is 12.3 Å². The number of carbonyl (C=O) groups is 3. The van der Waals surface area contributed by atoms with Crippen molar-refractivity contribution >= 4 is 23.4 Å². The molecule has 3 aliphatic carbocycles. The van der Waals surface area contributed by atoms with E-state index < -0.39 is 6.04 Å². The SMILES string of the molecule is CCOc1ccc(NC(=O)CC(c2ccccc2)N2C(=O)C3C4C=CC(CC4)C3C2=O)cc1. The van der Waals surface area contributed by atoms with Crippen molar-refractivity contribution in [3.63, 3.8) is 0 Å². The van der Waals surface area contributed by atoms with E-state index in [0.717, 1.165) is 24.2 Å². The molecular formula is C27H28N2O4. The normalized spacial score (nSPS) is 26.3. The third-order valence-corrected chi connectivity index (χ3v) is 7.12. The lowest BCUT2D eigenvalue weighted by molar-refractivity contribution is -0.143. The zero-order chi connectivity index (χ0) is 22.9. The number of nitrogens with one attached hydrogen (secondary N) is 1. The van der Waals surface area contributed by atoms with E-state index in [2.05, 4.69) is 17.5 Å². The number of fused-ring (bicyclic) bond motifs is 1. The molecule has 1 aliphatic heterocycles. The number of rotatable bonds is 7. The van der Waals surface area contributed by atoms with Gasteiger partial charge in [-0.15, -0.1) is 0 Å². The number of allylic oxidation sites excluding steroid dienone is 2. The van der Waals surface area contributed by atoms with Crippen LogP contribution in [0.5, 0.6) is 5.75 Å². The van der Waals surface area contributed by atoms with Crippen LogP contribution >= 0.6 is 0 Å². The van der Waals surface area contributed by atoms with Crippen LogP contribution in [0.4, 0.5) is 5.69 Å². The van der Waals surface area contributed by atoms with E-state index >= 15 is 0 Å². The fourth-order valence-corrected chi connectivity index (χ4v) is 5.63. The van der Waals surface area contributed by atoms with Crippen LogP contribution in [0.2, 0.25) is 0 Å². The highest BCUT2D eigenvalue weighted by atomic mass is 16.5. The van der Waals surface area contributed by atoms with Crippen molar-refractivity contribution in [1.82, 2.24) is 4.90 Å². The molecule has 1 N–H and O–H groups in total. The quantitative estimate of drug-likeness (QED) is 0.509. The molecule has 2 aromatic carbocycles. The van der Waals surface area contributed by atoms with Crippen LogP contribution in [0, 0.1) is 23.7 Å². The molecule has 5 atom stereocenters. The van der Waals surface area contributed by atoms with E-state index in [1.54, 1.807) is 24.3 Å². The van der Waals surface area contributed by atoms with Gasteiger partial charge in [0.15, 0.2) is 0 Å². The lowest BCUT2D eigenvalue weighted by Gasteiger charge is -2.38. The smallest absolute Gasteiger partial charge is 0.234 e. The number of carbonyl (C=O) groups excluding carboxylic acids is 3. The van der Waals surface area contributed by atoms with E-state index in [4.69, 9.17) is 4.74 Å². The summed E-state index contributed by atoms with van der Waals surface area (Å²) in [5.74, 6) is -0.116. The Balaban J connectivity index is 1.38. The molecule has 2 aromatic rings. The van der Waals surface area contributed by atoms with Crippen molar-refractivity contribution in [3.05, 3.63) is 72.3 Å². The molecule has 1 saturated carbocycles. The summed E-state index contributed by atoms with van der Waals surface area (Å²) in [4.78, 5) is 41.5. The lowest BCUT2D eigenvalue weighted by Crippen LogP contribution is -2.38. The number of amides is 3. The fraction of sp³-hybridized carbons (Fsp3) is 0.370. The van der Waals surface area contributed by atoms with Gasteiger partial charge >= 0.3 is 0 Å². The minimum atomic E-state index is -0.626. The summed E-state index contributed by atoms with van der Waals surface area (Å²) in [6.45, 7) is 2.49. The first-order valence-corrected chi connectivity index (χ1v) is 11.7. The van der Waals surface area contributed by atoms with Crippen LogP contribution in [0.15, 0.2) is 66.7 Å². The summed E-state index contributed by atoms with van der Waals surface area (Å²) < 4.78 is 5.45. The first-order valence-electron chi connectivity index (χ1n) is 11.7. The standard InChI is InChI=1S/C27H28N2O4/c1-2-33-21-14-12-20(13-15-21)28-23(30)16-22(17-6-4-3-5-7-17)29-26(31)24-18-8-9-19(11-10-18)25(24)27(29)32/h3-9,12-15,18-19,22,24-25H,2,10-11,16H2,1H3,(H,28,30). The summed E-state index contributed by atoms with van der Waals surface area (Å²) in [6, 6.07) is 15.9. The molecule has 6 rings (SSSR count). The number of nitrogens with zero attached hydrogens (tertiary/aromatic N) is 1. The van der Waals surface area contributed by atoms with Crippen LogP contribution in [0.3, 0.4) is 0 Å². The second-order valence-corrected chi connectivity index (χ2v) is 9.02. The molecule has 2 bridgehead atoms. The van der Waals surface area contributed by atoms with Crippen LogP contribution in [-0.4, -0.2) is 29.2 Å². The average molecular weight is 445 g/mol. The number of ether oxygens (including phenoxy) is 1. The van der Waals surface area contributed by atoms with Gasteiger partial charge in [0.2, 0.25) is 17.7 Å². The summed E-state index contributed by atoms with van der Waals surface area (Å²) in [5.41, 5.74) is 1.44. The second kappa shape index (κ2) is 8.85. The van der Waals surface area contributed by atoms with Crippen molar-refractivity contribution in [1.29, 1.82) is 0 Å². The molecule has 1 heterocycles. The molecule has 0 radical (unpaired) electrons. The highest BCUT2D eigenvalue weighted by Gasteiger charge is 2.58. The molecule has 0 aromatic heterocycles. The molecule has 2 fully saturated rings. The topological polar surface area (TPSA) is 75.7 Å². The van der Waals surface area contributed by atoms with Gasteiger partial charge in [0.1, 0.15) is 5.75 Å². The molecule has 1 saturated heterocycles. The van der Waals surface area contributed by atoms with Gasteiger partial charge in [-0.2, -0.15) is 0 Å². The van der Waals surface area contributed by atoms with Gasteiger partial charge in [-0.3, -0.25) is 19.3 Å². The average Bonchev–Trinajstić information content (AvgIpc) is 3.12. The van der Waals surface area contributed by atoms with Gasteiger partial charge in [0.05, 0.1) is 30.9 Å². The Bertz CT molecular complexity index is 1050. The van der Waals surface area contributed by atoms with Gasteiger partial charge < -0.3 is 10.1 Å². The van der Waals surface area contributed by atoms with Crippen LogP contribution < -0.4 is 10.1 Å². The molecule has 6 nitrogen and oxygen atoms in total. The molecule has 5 unspecified atom stereocenters. The number of anilines is 1. The van der Waals surface area contributed by atoms with Gasteiger partial charge in [0.25, 0.3) is 0 Å². The number of imide groups is 1. The Kier molecular flexibility index (Phi) is 5.75. The number of hydrogen-bond donors (Lipinski definition) is 1. The zero-order valence-corrected chi connectivity index (χ0v) is 18.6. The second-order valence-electron chi connectivity index (χ2n) is 9.02. The van der Waals surface area contributed by atoms with Crippen LogP contribution in [0.25, 0.3) is 0 Å². The van der Waals surface area contributed by atoms with Gasteiger partial charge in [0, 0.05) is 5.69 Å². The van der Waals surface area contributed by atoms with Gasteiger partial charge in [-0.1, -0.05) is 42.5 Å². The maximum Gasteiger partial charge on any atom is 0.234 e. The molecule has 170 valence electrons. The Morgan fingerprint density at radius 1 is 0.970 bits per heavy atom. The minimum Gasteiger partial charge on any atom is -0.494 e. The Hall–Kier alpha value is -3.41. The maximum absolute atomic E-state index is 13.5. The molecule has 4 aliphatic rings. The van der Waals surface area contributed by atoms with E-state index in [-0.39, 0.29) is 47.8 Å². The van der Waals surface area contributed by atoms with Crippen molar-refractivity contribution in [2.75, 3.05) is 11.9 Å². The largest absolute Gasteiger partial charge is 0.494 e. The number of hydrogen-bond acceptors (Lipinski definition) is 4. The summed E-state index contributed by atoms with van der Waals surface area (Å²) >= 11 is 0. The summed E-state index contributed by atoms with van der Waals surface area (Å²) in [7, 11) is 0. The van der Waals surface area contributed by atoms with Crippen molar-refractivity contribution in [2.45, 2.75) is 32.2 Å². The zero-order valence-electron chi connectivity index (χ0n) is 18.6. The highest BCUT2D eigenvalue weighted by Crippen LogP contribution is 2.51. The Morgan fingerprint density at radius 3 is 2.12 bits per heavy atom. The number of likely N-dealkylation sites (tertiary alicyclic amines) is 1. The van der Waals surface area contributed by atoms with Crippen LogP contribution in [0.1, 0.15) is 37.8 Å².